The van der Waals surface area contributed by atoms with Crippen LogP contribution in [0, 0.1) is 5.82 Å². The first kappa shape index (κ1) is 22.3. The summed E-state index contributed by atoms with van der Waals surface area (Å²) < 4.78 is 52.7. The highest BCUT2D eigenvalue weighted by molar-refractivity contribution is 7.89. The van der Waals surface area contributed by atoms with Gasteiger partial charge in [0, 0.05) is 24.0 Å². The van der Waals surface area contributed by atoms with Crippen molar-refractivity contribution in [3.63, 3.8) is 0 Å². The lowest BCUT2D eigenvalue weighted by molar-refractivity contribution is 0.0935. The van der Waals surface area contributed by atoms with Crippen molar-refractivity contribution < 1.29 is 26.8 Å². The van der Waals surface area contributed by atoms with Gasteiger partial charge in [0.05, 0.1) is 13.2 Å². The number of sulfonamides is 1. The molecule has 32 heavy (non-hydrogen) atoms. The third-order valence-electron chi connectivity index (χ3n) is 5.65. The Morgan fingerprint density at radius 1 is 1.16 bits per heavy atom. The summed E-state index contributed by atoms with van der Waals surface area (Å²) in [5.74, 6) is -0.302. The first-order valence-electron chi connectivity index (χ1n) is 10.5. The maximum Gasteiger partial charge on any atom is 0.251 e. The van der Waals surface area contributed by atoms with Crippen LogP contribution in [0.25, 0.3) is 11.0 Å². The van der Waals surface area contributed by atoms with Crippen molar-refractivity contribution in [1.82, 2.24) is 9.62 Å². The van der Waals surface area contributed by atoms with Crippen LogP contribution in [0.2, 0.25) is 0 Å². The number of para-hydroxylation sites is 1. The van der Waals surface area contributed by atoms with Crippen molar-refractivity contribution in [2.45, 2.75) is 37.1 Å². The van der Waals surface area contributed by atoms with Crippen LogP contribution in [0.5, 0.6) is 5.75 Å². The quantitative estimate of drug-likeness (QED) is 0.594. The molecule has 1 atom stereocenters. The number of carbonyl (C=O) groups is 1. The monoisotopic (exact) mass is 460 g/mol. The smallest absolute Gasteiger partial charge is 0.251 e. The fourth-order valence-electron chi connectivity index (χ4n) is 3.87. The van der Waals surface area contributed by atoms with Crippen LogP contribution >= 0.6 is 0 Å². The first-order chi connectivity index (χ1) is 15.3. The van der Waals surface area contributed by atoms with E-state index in [1.54, 1.807) is 26.2 Å². The second-order valence-electron chi connectivity index (χ2n) is 7.83. The number of ether oxygens (including phenoxy) is 1. The SMILES string of the molecule is COc1cccc2cc(C(C)NC(=O)c3ccc(F)c(S(=O)(=O)N4CCCCC4)c3)oc12. The number of carbonyl (C=O) groups excluding carboxylic acids is 1. The Morgan fingerprint density at radius 3 is 2.62 bits per heavy atom. The summed E-state index contributed by atoms with van der Waals surface area (Å²) in [4.78, 5) is 12.3. The lowest BCUT2D eigenvalue weighted by atomic mass is 10.1. The van der Waals surface area contributed by atoms with Gasteiger partial charge in [0.1, 0.15) is 16.5 Å². The number of piperidine rings is 1. The number of rotatable bonds is 6. The number of nitrogens with one attached hydrogen (secondary N) is 1. The molecular weight excluding hydrogens is 435 g/mol. The average Bonchev–Trinajstić information content (AvgIpc) is 3.24. The van der Waals surface area contributed by atoms with E-state index in [0.29, 0.717) is 30.2 Å². The minimum Gasteiger partial charge on any atom is -0.493 e. The molecule has 1 aliphatic heterocycles. The molecule has 0 spiro atoms. The molecule has 4 rings (SSSR count). The van der Waals surface area contributed by atoms with E-state index in [0.717, 1.165) is 36.8 Å². The third-order valence-corrected chi connectivity index (χ3v) is 7.56. The van der Waals surface area contributed by atoms with Gasteiger partial charge in [-0.1, -0.05) is 18.6 Å². The van der Waals surface area contributed by atoms with E-state index in [2.05, 4.69) is 5.32 Å². The number of fused-ring (bicyclic) bond motifs is 1. The zero-order valence-electron chi connectivity index (χ0n) is 17.9. The van der Waals surface area contributed by atoms with Gasteiger partial charge in [0.15, 0.2) is 11.3 Å². The Bertz CT molecular complexity index is 1250. The fourth-order valence-corrected chi connectivity index (χ4v) is 5.48. The van der Waals surface area contributed by atoms with Gasteiger partial charge in [-0.15, -0.1) is 0 Å². The molecule has 0 bridgehead atoms. The number of methoxy groups -OCH3 is 1. The van der Waals surface area contributed by atoms with Gasteiger partial charge >= 0.3 is 0 Å². The van der Waals surface area contributed by atoms with Crippen LogP contribution < -0.4 is 10.1 Å². The van der Waals surface area contributed by atoms with Gasteiger partial charge in [-0.2, -0.15) is 4.31 Å². The van der Waals surface area contributed by atoms with Crippen LogP contribution in [0.1, 0.15) is 48.3 Å². The molecule has 170 valence electrons. The summed E-state index contributed by atoms with van der Waals surface area (Å²) >= 11 is 0. The molecule has 1 N–H and O–H groups in total. The van der Waals surface area contributed by atoms with E-state index >= 15 is 0 Å². The van der Waals surface area contributed by atoms with Crippen LogP contribution in [0.4, 0.5) is 4.39 Å². The predicted octanol–water partition coefficient (Wildman–Crippen LogP) is 4.25. The molecule has 0 aliphatic carbocycles. The predicted molar refractivity (Wildman–Crippen MR) is 118 cm³/mol. The van der Waals surface area contributed by atoms with Gasteiger partial charge in [0.25, 0.3) is 5.91 Å². The highest BCUT2D eigenvalue weighted by Gasteiger charge is 2.29. The van der Waals surface area contributed by atoms with Crippen molar-refractivity contribution in [2.24, 2.45) is 0 Å². The highest BCUT2D eigenvalue weighted by Crippen LogP contribution is 2.31. The summed E-state index contributed by atoms with van der Waals surface area (Å²) in [6, 6.07) is 10.2. The van der Waals surface area contributed by atoms with Crippen LogP contribution in [-0.2, 0) is 10.0 Å². The Balaban J connectivity index is 1.57. The molecule has 1 fully saturated rings. The molecule has 1 aromatic heterocycles. The zero-order valence-corrected chi connectivity index (χ0v) is 18.7. The van der Waals surface area contributed by atoms with Crippen molar-refractivity contribution in [3.05, 3.63) is 59.6 Å². The topological polar surface area (TPSA) is 88.8 Å². The second kappa shape index (κ2) is 8.91. The number of halogens is 1. The van der Waals surface area contributed by atoms with E-state index in [1.807, 2.05) is 12.1 Å². The van der Waals surface area contributed by atoms with Gasteiger partial charge in [0.2, 0.25) is 10.0 Å². The van der Waals surface area contributed by atoms with Gasteiger partial charge in [-0.25, -0.2) is 12.8 Å². The molecule has 1 saturated heterocycles. The number of hydrogen-bond donors (Lipinski definition) is 1. The molecule has 0 radical (unpaired) electrons. The summed E-state index contributed by atoms with van der Waals surface area (Å²) in [6.07, 6.45) is 2.42. The Kier molecular flexibility index (Phi) is 6.21. The summed E-state index contributed by atoms with van der Waals surface area (Å²) in [6.45, 7) is 2.45. The first-order valence-corrected chi connectivity index (χ1v) is 11.9. The molecule has 2 aromatic carbocycles. The zero-order chi connectivity index (χ0) is 22.9. The maximum atomic E-state index is 14.4. The van der Waals surface area contributed by atoms with E-state index < -0.39 is 32.7 Å². The fraction of sp³-hybridized carbons (Fsp3) is 0.348. The van der Waals surface area contributed by atoms with Gasteiger partial charge < -0.3 is 14.5 Å². The molecule has 3 aromatic rings. The normalized spacial score (nSPS) is 16.1. The van der Waals surface area contributed by atoms with E-state index in [-0.39, 0.29) is 5.56 Å². The van der Waals surface area contributed by atoms with Crippen molar-refractivity contribution in [2.75, 3.05) is 20.2 Å². The van der Waals surface area contributed by atoms with Gasteiger partial charge in [-0.3, -0.25) is 4.79 Å². The molecule has 1 aliphatic rings. The van der Waals surface area contributed by atoms with Crippen LogP contribution in [-0.4, -0.2) is 38.8 Å². The van der Waals surface area contributed by atoms with Crippen LogP contribution in [0.15, 0.2) is 51.8 Å². The number of hydrogen-bond acceptors (Lipinski definition) is 5. The van der Waals surface area contributed by atoms with Crippen molar-refractivity contribution in [3.8, 4) is 5.75 Å². The Hall–Kier alpha value is -2.91. The molecule has 7 nitrogen and oxygen atoms in total. The number of nitrogens with zero attached hydrogens (tertiary/aromatic N) is 1. The van der Waals surface area contributed by atoms with Gasteiger partial charge in [-0.05, 0) is 50.1 Å². The Morgan fingerprint density at radius 2 is 1.91 bits per heavy atom. The van der Waals surface area contributed by atoms with E-state index in [9.17, 15) is 17.6 Å². The number of furan rings is 1. The second-order valence-corrected chi connectivity index (χ2v) is 9.74. The summed E-state index contributed by atoms with van der Waals surface area (Å²) in [5.41, 5.74) is 0.630. The largest absolute Gasteiger partial charge is 0.493 e. The number of amides is 1. The lowest BCUT2D eigenvalue weighted by Gasteiger charge is -2.26. The maximum absolute atomic E-state index is 14.4. The molecule has 1 amide bonds. The van der Waals surface area contributed by atoms with Crippen molar-refractivity contribution >= 4 is 26.9 Å². The Labute approximate surface area is 186 Å². The molecule has 2 heterocycles. The van der Waals surface area contributed by atoms with E-state index in [4.69, 9.17) is 9.15 Å². The summed E-state index contributed by atoms with van der Waals surface area (Å²) in [5, 5.41) is 3.61. The molecular formula is C23H25FN2O5S. The third kappa shape index (κ3) is 4.22. The minimum absolute atomic E-state index is 0.0579. The van der Waals surface area contributed by atoms with E-state index in [1.165, 1.54) is 10.4 Å². The summed E-state index contributed by atoms with van der Waals surface area (Å²) in [7, 11) is -2.46. The molecule has 9 heteroatoms. The number of benzene rings is 2. The van der Waals surface area contributed by atoms with Crippen LogP contribution in [0.3, 0.4) is 0 Å². The average molecular weight is 461 g/mol. The standard InChI is InChI=1S/C23H25FN2O5S/c1-15(20-13-16-7-6-8-19(30-2)22(16)31-20)25-23(27)17-9-10-18(24)21(14-17)32(28,29)26-11-4-3-5-12-26/h6-10,13-15H,3-5,11-12H2,1-2H3,(H,25,27). The lowest BCUT2D eigenvalue weighted by Crippen LogP contribution is -2.36. The minimum atomic E-state index is -4.01. The van der Waals surface area contributed by atoms with Crippen molar-refractivity contribution in [1.29, 1.82) is 0 Å². The highest BCUT2D eigenvalue weighted by atomic mass is 32.2. The molecule has 1 unspecified atom stereocenters. The molecule has 0 saturated carbocycles.